The zero-order chi connectivity index (χ0) is 13.6. The van der Waals surface area contributed by atoms with Gasteiger partial charge in [-0.25, -0.2) is 4.79 Å². The summed E-state index contributed by atoms with van der Waals surface area (Å²) >= 11 is 0. The van der Waals surface area contributed by atoms with Gasteiger partial charge in [-0.1, -0.05) is 6.07 Å². The van der Waals surface area contributed by atoms with E-state index < -0.39 is 5.97 Å². The van der Waals surface area contributed by atoms with Gasteiger partial charge in [0.25, 0.3) is 0 Å². The lowest BCUT2D eigenvalue weighted by Crippen LogP contribution is -2.02. The van der Waals surface area contributed by atoms with Crippen molar-refractivity contribution in [2.45, 2.75) is 27.7 Å². The Kier molecular flexibility index (Phi) is 2.77. The average molecular weight is 244 g/mol. The third-order valence-corrected chi connectivity index (χ3v) is 3.75. The molecule has 0 aromatic heterocycles. The first-order chi connectivity index (χ1) is 8.36. The molecule has 94 valence electrons. The van der Waals surface area contributed by atoms with Gasteiger partial charge in [-0.15, -0.1) is 0 Å². The summed E-state index contributed by atoms with van der Waals surface area (Å²) in [5, 5.41) is 21.0. The molecule has 2 rings (SSSR count). The Bertz CT molecular complexity index is 669. The van der Waals surface area contributed by atoms with E-state index >= 15 is 0 Å². The fraction of sp³-hybridized carbons (Fsp3) is 0.267. The van der Waals surface area contributed by atoms with Gasteiger partial charge in [-0.2, -0.15) is 0 Å². The largest absolute Gasteiger partial charge is 0.507 e. The second-order valence-electron chi connectivity index (χ2n) is 4.69. The Balaban J connectivity index is 3.03. The van der Waals surface area contributed by atoms with Crippen molar-refractivity contribution in [2.75, 3.05) is 0 Å². The van der Waals surface area contributed by atoms with E-state index in [0.717, 1.165) is 33.0 Å². The predicted molar refractivity (Wildman–Crippen MR) is 71.5 cm³/mol. The van der Waals surface area contributed by atoms with Crippen molar-refractivity contribution in [3.8, 4) is 5.75 Å². The van der Waals surface area contributed by atoms with Gasteiger partial charge in [0.2, 0.25) is 0 Å². The van der Waals surface area contributed by atoms with Crippen molar-refractivity contribution in [2.24, 2.45) is 0 Å². The third kappa shape index (κ3) is 1.55. The highest BCUT2D eigenvalue weighted by Gasteiger charge is 2.16. The van der Waals surface area contributed by atoms with E-state index in [2.05, 4.69) is 0 Å². The number of aryl methyl sites for hydroxylation is 3. The molecule has 0 atom stereocenters. The smallest absolute Gasteiger partial charge is 0.335 e. The molecule has 2 aromatic rings. The zero-order valence-electron chi connectivity index (χ0n) is 11.0. The van der Waals surface area contributed by atoms with Gasteiger partial charge < -0.3 is 10.2 Å². The second-order valence-corrected chi connectivity index (χ2v) is 4.69. The topological polar surface area (TPSA) is 57.5 Å². The van der Waals surface area contributed by atoms with Gasteiger partial charge in [0.1, 0.15) is 5.75 Å². The van der Waals surface area contributed by atoms with Gasteiger partial charge in [0.05, 0.1) is 5.56 Å². The van der Waals surface area contributed by atoms with Crippen LogP contribution in [0.4, 0.5) is 0 Å². The minimum Gasteiger partial charge on any atom is -0.507 e. The predicted octanol–water partition coefficient (Wildman–Crippen LogP) is 3.48. The Morgan fingerprint density at radius 3 is 2.11 bits per heavy atom. The van der Waals surface area contributed by atoms with E-state index in [1.807, 2.05) is 27.7 Å². The highest BCUT2D eigenvalue weighted by Crippen LogP contribution is 2.36. The number of benzene rings is 2. The normalized spacial score (nSPS) is 10.9. The van der Waals surface area contributed by atoms with Crippen LogP contribution in [0.15, 0.2) is 12.1 Å². The summed E-state index contributed by atoms with van der Waals surface area (Å²) in [6.07, 6.45) is 0. The van der Waals surface area contributed by atoms with Crippen molar-refractivity contribution in [3.05, 3.63) is 39.9 Å². The summed E-state index contributed by atoms with van der Waals surface area (Å²) in [6, 6.07) is 3.37. The summed E-state index contributed by atoms with van der Waals surface area (Å²) in [7, 11) is 0. The number of rotatable bonds is 1. The van der Waals surface area contributed by atoms with Crippen LogP contribution >= 0.6 is 0 Å². The summed E-state index contributed by atoms with van der Waals surface area (Å²) < 4.78 is 0. The Morgan fingerprint density at radius 2 is 1.56 bits per heavy atom. The SMILES string of the molecule is Cc1c(O)c(C)c2ccc(C(=O)O)c(C)c2c1C. The third-order valence-electron chi connectivity index (χ3n) is 3.75. The Hall–Kier alpha value is -2.03. The number of phenols is 1. The first kappa shape index (κ1) is 12.4. The van der Waals surface area contributed by atoms with E-state index in [1.54, 1.807) is 12.1 Å². The van der Waals surface area contributed by atoms with Crippen molar-refractivity contribution in [3.63, 3.8) is 0 Å². The molecule has 3 heteroatoms. The number of carbonyl (C=O) groups is 1. The molecule has 2 aromatic carbocycles. The standard InChI is InChI=1S/C15H16O3/c1-7-8(2)14(16)10(4)11-5-6-12(15(17)18)9(3)13(7)11/h5-6,16H,1-4H3,(H,17,18). The molecular weight excluding hydrogens is 228 g/mol. The minimum absolute atomic E-state index is 0.294. The van der Waals surface area contributed by atoms with Crippen LogP contribution in [0.1, 0.15) is 32.6 Å². The van der Waals surface area contributed by atoms with Gasteiger partial charge in [-0.3, -0.25) is 0 Å². The number of hydrogen-bond donors (Lipinski definition) is 2. The average Bonchev–Trinajstić information content (AvgIpc) is 2.32. The molecule has 0 unspecified atom stereocenters. The second kappa shape index (κ2) is 4.02. The highest BCUT2D eigenvalue weighted by atomic mass is 16.4. The first-order valence-electron chi connectivity index (χ1n) is 5.81. The minimum atomic E-state index is -0.919. The van der Waals surface area contributed by atoms with Crippen molar-refractivity contribution < 1.29 is 15.0 Å². The maximum atomic E-state index is 11.2. The maximum absolute atomic E-state index is 11.2. The number of carboxylic acid groups (broad SMARTS) is 1. The number of hydrogen-bond acceptors (Lipinski definition) is 2. The number of aromatic hydroxyl groups is 1. The Labute approximate surface area is 106 Å². The van der Waals surface area contributed by atoms with Crippen LogP contribution in [0.5, 0.6) is 5.75 Å². The molecule has 0 radical (unpaired) electrons. The lowest BCUT2D eigenvalue weighted by atomic mass is 9.90. The van der Waals surface area contributed by atoms with Crippen LogP contribution in [0.25, 0.3) is 10.8 Å². The van der Waals surface area contributed by atoms with E-state index in [9.17, 15) is 9.90 Å². The first-order valence-corrected chi connectivity index (χ1v) is 5.81. The van der Waals surface area contributed by atoms with Crippen LogP contribution in [-0.4, -0.2) is 16.2 Å². The number of aromatic carboxylic acids is 1. The molecule has 0 amide bonds. The molecule has 0 heterocycles. The molecule has 0 fully saturated rings. The molecule has 0 saturated heterocycles. The summed E-state index contributed by atoms with van der Waals surface area (Å²) in [6.45, 7) is 7.43. The zero-order valence-corrected chi connectivity index (χ0v) is 11.0. The van der Waals surface area contributed by atoms with Crippen LogP contribution < -0.4 is 0 Å². The van der Waals surface area contributed by atoms with E-state index in [1.165, 1.54) is 0 Å². The fourth-order valence-electron chi connectivity index (χ4n) is 2.51. The van der Waals surface area contributed by atoms with Crippen LogP contribution in [0.2, 0.25) is 0 Å². The number of fused-ring (bicyclic) bond motifs is 1. The van der Waals surface area contributed by atoms with Crippen LogP contribution in [0, 0.1) is 27.7 Å². The molecule has 0 saturated carbocycles. The molecule has 0 spiro atoms. The van der Waals surface area contributed by atoms with Crippen molar-refractivity contribution in [1.29, 1.82) is 0 Å². The van der Waals surface area contributed by atoms with Gasteiger partial charge in [0.15, 0.2) is 0 Å². The van der Waals surface area contributed by atoms with Crippen molar-refractivity contribution >= 4 is 16.7 Å². The summed E-state index contributed by atoms with van der Waals surface area (Å²) in [5.41, 5.74) is 3.62. The molecule has 0 aliphatic heterocycles. The van der Waals surface area contributed by atoms with Gasteiger partial charge >= 0.3 is 5.97 Å². The quantitative estimate of drug-likeness (QED) is 0.807. The summed E-state index contributed by atoms with van der Waals surface area (Å²) in [4.78, 5) is 11.2. The molecule has 0 aliphatic carbocycles. The van der Waals surface area contributed by atoms with Gasteiger partial charge in [0, 0.05) is 0 Å². The molecular formula is C15H16O3. The lowest BCUT2D eigenvalue weighted by Gasteiger charge is -2.15. The summed E-state index contributed by atoms with van der Waals surface area (Å²) in [5.74, 6) is -0.625. The highest BCUT2D eigenvalue weighted by molar-refractivity contribution is 6.01. The fourth-order valence-corrected chi connectivity index (χ4v) is 2.51. The molecule has 2 N–H and O–H groups in total. The van der Waals surface area contributed by atoms with E-state index in [-0.39, 0.29) is 0 Å². The molecule has 0 aliphatic rings. The lowest BCUT2D eigenvalue weighted by molar-refractivity contribution is 0.0696. The van der Waals surface area contributed by atoms with E-state index in [0.29, 0.717) is 11.3 Å². The van der Waals surface area contributed by atoms with Crippen LogP contribution in [0.3, 0.4) is 0 Å². The molecule has 3 nitrogen and oxygen atoms in total. The molecule has 0 bridgehead atoms. The number of phenolic OH excluding ortho intramolecular Hbond substituents is 1. The van der Waals surface area contributed by atoms with Crippen LogP contribution in [-0.2, 0) is 0 Å². The number of carboxylic acids is 1. The van der Waals surface area contributed by atoms with E-state index in [4.69, 9.17) is 5.11 Å². The molecule has 18 heavy (non-hydrogen) atoms. The monoisotopic (exact) mass is 244 g/mol. The maximum Gasteiger partial charge on any atom is 0.335 e. The van der Waals surface area contributed by atoms with Crippen molar-refractivity contribution in [1.82, 2.24) is 0 Å². The Morgan fingerprint density at radius 1 is 0.944 bits per heavy atom. The van der Waals surface area contributed by atoms with Gasteiger partial charge in [-0.05, 0) is 66.8 Å².